The molecule has 0 aliphatic heterocycles. The predicted octanol–water partition coefficient (Wildman–Crippen LogP) is 2.32. The number of aromatic hydroxyl groups is 1. The van der Waals surface area contributed by atoms with Gasteiger partial charge in [0.1, 0.15) is 11.5 Å². The molecule has 0 aromatic heterocycles. The van der Waals surface area contributed by atoms with E-state index in [2.05, 4.69) is 0 Å². The average molecular weight is 307 g/mol. The first-order valence-corrected chi connectivity index (χ1v) is 7.69. The third kappa shape index (κ3) is 3.17. The Morgan fingerprint density at radius 1 is 1.00 bits per heavy atom. The molecule has 0 atom stereocenters. The maximum absolute atomic E-state index is 12.0. The smallest absolute Gasteiger partial charge is 0.242 e. The van der Waals surface area contributed by atoms with Gasteiger partial charge in [-0.2, -0.15) is 0 Å². The first kappa shape index (κ1) is 15.3. The molecule has 0 unspecified atom stereocenters. The van der Waals surface area contributed by atoms with Crippen molar-refractivity contribution in [2.75, 3.05) is 21.2 Å². The molecule has 0 heterocycles. The van der Waals surface area contributed by atoms with Gasteiger partial charge < -0.3 is 9.84 Å². The molecule has 1 N–H and O–H groups in total. The summed E-state index contributed by atoms with van der Waals surface area (Å²) in [5, 5.41) is 9.66. The maximum atomic E-state index is 12.0. The van der Waals surface area contributed by atoms with Gasteiger partial charge in [0.25, 0.3) is 0 Å². The second kappa shape index (κ2) is 5.75. The van der Waals surface area contributed by atoms with Gasteiger partial charge in [-0.1, -0.05) is 12.1 Å². The summed E-state index contributed by atoms with van der Waals surface area (Å²) < 4.78 is 30.3. The number of phenols is 1. The quantitative estimate of drug-likeness (QED) is 0.941. The largest absolute Gasteiger partial charge is 0.508 e. The van der Waals surface area contributed by atoms with Crippen LogP contribution in [0.1, 0.15) is 0 Å². The molecule has 0 aliphatic rings. The first-order chi connectivity index (χ1) is 9.84. The summed E-state index contributed by atoms with van der Waals surface area (Å²) in [7, 11) is 1.06. The summed E-state index contributed by atoms with van der Waals surface area (Å²) in [5.74, 6) is 0.629. The Kier molecular flexibility index (Phi) is 4.20. The second-order valence-electron chi connectivity index (χ2n) is 4.73. The van der Waals surface area contributed by atoms with E-state index < -0.39 is 10.0 Å². The number of ether oxygens (including phenoxy) is 1. The molecule has 0 saturated carbocycles. The zero-order valence-corrected chi connectivity index (χ0v) is 12.9. The Hall–Kier alpha value is -2.05. The molecule has 0 radical (unpaired) electrons. The summed E-state index contributed by atoms with van der Waals surface area (Å²) in [5.41, 5.74) is 1.54. The van der Waals surface area contributed by atoms with Crippen molar-refractivity contribution in [1.82, 2.24) is 4.31 Å². The summed E-state index contributed by atoms with van der Waals surface area (Å²) in [4.78, 5) is 0.225. The summed E-state index contributed by atoms with van der Waals surface area (Å²) >= 11 is 0. The fraction of sp³-hybridized carbons (Fsp3) is 0.200. The van der Waals surface area contributed by atoms with E-state index in [1.54, 1.807) is 36.4 Å². The van der Waals surface area contributed by atoms with Gasteiger partial charge in [0, 0.05) is 20.2 Å². The highest BCUT2D eigenvalue weighted by Crippen LogP contribution is 2.29. The van der Waals surface area contributed by atoms with Crippen LogP contribution < -0.4 is 4.74 Å². The van der Waals surface area contributed by atoms with Crippen LogP contribution in [0, 0.1) is 0 Å². The normalized spacial score (nSPS) is 11.6. The molecule has 0 amide bonds. The fourth-order valence-electron chi connectivity index (χ4n) is 1.90. The lowest BCUT2D eigenvalue weighted by Crippen LogP contribution is -2.22. The minimum atomic E-state index is -3.44. The molecule has 2 rings (SSSR count). The molecule has 0 saturated heterocycles. The van der Waals surface area contributed by atoms with Crippen LogP contribution in [-0.2, 0) is 10.0 Å². The first-order valence-electron chi connectivity index (χ1n) is 6.25. The third-order valence-electron chi connectivity index (χ3n) is 3.09. The predicted molar refractivity (Wildman–Crippen MR) is 81.0 cm³/mol. The van der Waals surface area contributed by atoms with Crippen molar-refractivity contribution in [3.8, 4) is 22.6 Å². The topological polar surface area (TPSA) is 66.8 Å². The lowest BCUT2D eigenvalue weighted by Gasteiger charge is -2.12. The molecule has 0 bridgehead atoms. The van der Waals surface area contributed by atoms with E-state index in [1.807, 2.05) is 0 Å². The Morgan fingerprint density at radius 2 is 1.62 bits per heavy atom. The fourth-order valence-corrected chi connectivity index (χ4v) is 2.80. The van der Waals surface area contributed by atoms with Gasteiger partial charge in [0.2, 0.25) is 10.0 Å². The molecule has 2 aromatic carbocycles. The van der Waals surface area contributed by atoms with E-state index in [0.717, 1.165) is 11.1 Å². The zero-order valence-electron chi connectivity index (χ0n) is 12.1. The molecule has 21 heavy (non-hydrogen) atoms. The molecule has 0 aliphatic carbocycles. The molecule has 0 spiro atoms. The number of phenolic OH excluding ortho intramolecular Hbond substituents is 1. The monoisotopic (exact) mass is 307 g/mol. The molecule has 0 fully saturated rings. The number of methoxy groups -OCH3 is 1. The van der Waals surface area contributed by atoms with Gasteiger partial charge in [-0.25, -0.2) is 12.7 Å². The number of hydrogen-bond donors (Lipinski definition) is 1. The summed E-state index contributed by atoms with van der Waals surface area (Å²) in [6.45, 7) is 0. The standard InChI is InChI=1S/C15H17NO4S/c1-16(2)21(18,19)15-6-4-11(5-7-15)12-8-13(17)10-14(9-12)20-3/h4-10,17H,1-3H3. The van der Waals surface area contributed by atoms with Crippen molar-refractivity contribution in [3.63, 3.8) is 0 Å². The Labute approximate surface area is 124 Å². The molecule has 6 heteroatoms. The minimum Gasteiger partial charge on any atom is -0.508 e. The number of hydrogen-bond acceptors (Lipinski definition) is 4. The van der Waals surface area contributed by atoms with Crippen LogP contribution >= 0.6 is 0 Å². The van der Waals surface area contributed by atoms with Crippen LogP contribution in [0.2, 0.25) is 0 Å². The molecule has 5 nitrogen and oxygen atoms in total. The van der Waals surface area contributed by atoms with Crippen molar-refractivity contribution < 1.29 is 18.3 Å². The number of rotatable bonds is 4. The molecule has 2 aromatic rings. The van der Waals surface area contributed by atoms with Crippen molar-refractivity contribution >= 4 is 10.0 Å². The Balaban J connectivity index is 2.42. The zero-order chi connectivity index (χ0) is 15.6. The lowest BCUT2D eigenvalue weighted by molar-refractivity contribution is 0.408. The van der Waals surface area contributed by atoms with E-state index in [1.165, 1.54) is 31.6 Å². The highest BCUT2D eigenvalue weighted by atomic mass is 32.2. The average Bonchev–Trinajstić information content (AvgIpc) is 2.46. The van der Waals surface area contributed by atoms with Gasteiger partial charge in [0.05, 0.1) is 12.0 Å². The van der Waals surface area contributed by atoms with Gasteiger partial charge in [-0.05, 0) is 35.4 Å². The van der Waals surface area contributed by atoms with Crippen molar-refractivity contribution in [1.29, 1.82) is 0 Å². The second-order valence-corrected chi connectivity index (χ2v) is 6.88. The van der Waals surface area contributed by atoms with E-state index in [0.29, 0.717) is 5.75 Å². The van der Waals surface area contributed by atoms with Gasteiger partial charge in [-0.3, -0.25) is 0 Å². The highest BCUT2D eigenvalue weighted by Gasteiger charge is 2.16. The van der Waals surface area contributed by atoms with E-state index in [-0.39, 0.29) is 10.6 Å². The maximum Gasteiger partial charge on any atom is 0.242 e. The van der Waals surface area contributed by atoms with Crippen LogP contribution in [-0.4, -0.2) is 39.0 Å². The van der Waals surface area contributed by atoms with Crippen molar-refractivity contribution in [2.45, 2.75) is 4.90 Å². The number of sulfonamides is 1. The van der Waals surface area contributed by atoms with Crippen LogP contribution in [0.15, 0.2) is 47.4 Å². The Bertz CT molecular complexity index is 737. The van der Waals surface area contributed by atoms with Crippen LogP contribution in [0.4, 0.5) is 0 Å². The van der Waals surface area contributed by atoms with Crippen LogP contribution in [0.3, 0.4) is 0 Å². The minimum absolute atomic E-state index is 0.0920. The summed E-state index contributed by atoms with van der Waals surface area (Å²) in [6.07, 6.45) is 0. The van der Waals surface area contributed by atoms with E-state index in [4.69, 9.17) is 4.74 Å². The Morgan fingerprint density at radius 3 is 2.14 bits per heavy atom. The van der Waals surface area contributed by atoms with Gasteiger partial charge >= 0.3 is 0 Å². The van der Waals surface area contributed by atoms with Crippen LogP contribution in [0.5, 0.6) is 11.5 Å². The van der Waals surface area contributed by atoms with Gasteiger partial charge in [-0.15, -0.1) is 0 Å². The van der Waals surface area contributed by atoms with Crippen LogP contribution in [0.25, 0.3) is 11.1 Å². The SMILES string of the molecule is COc1cc(O)cc(-c2ccc(S(=O)(=O)N(C)C)cc2)c1. The number of benzene rings is 2. The summed E-state index contributed by atoms with van der Waals surface area (Å²) in [6, 6.07) is 11.4. The lowest BCUT2D eigenvalue weighted by atomic mass is 10.1. The highest BCUT2D eigenvalue weighted by molar-refractivity contribution is 7.89. The number of nitrogens with zero attached hydrogens (tertiary/aromatic N) is 1. The van der Waals surface area contributed by atoms with E-state index in [9.17, 15) is 13.5 Å². The molecular weight excluding hydrogens is 290 g/mol. The van der Waals surface area contributed by atoms with Crippen molar-refractivity contribution in [2.24, 2.45) is 0 Å². The van der Waals surface area contributed by atoms with Gasteiger partial charge in [0.15, 0.2) is 0 Å². The molecular formula is C15H17NO4S. The van der Waals surface area contributed by atoms with E-state index >= 15 is 0 Å². The van der Waals surface area contributed by atoms with Crippen molar-refractivity contribution in [3.05, 3.63) is 42.5 Å². The third-order valence-corrected chi connectivity index (χ3v) is 4.92. The molecule has 112 valence electrons.